The molecule has 0 atom stereocenters. The average molecular weight is 234 g/mol. The van der Waals surface area contributed by atoms with Gasteiger partial charge in [-0.3, -0.25) is 0 Å². The molecule has 0 radical (unpaired) electrons. The molecule has 0 aliphatic heterocycles. The zero-order valence-corrected chi connectivity index (χ0v) is 9.70. The van der Waals surface area contributed by atoms with E-state index in [1.807, 2.05) is 37.3 Å². The molecule has 1 aromatic carbocycles. The highest BCUT2D eigenvalue weighted by molar-refractivity contribution is 6.30. The Bertz CT molecular complexity index is 485. The summed E-state index contributed by atoms with van der Waals surface area (Å²) in [7, 11) is 0. The minimum atomic E-state index is 0.681. The Kier molecular flexibility index (Phi) is 3.37. The summed E-state index contributed by atoms with van der Waals surface area (Å²) in [6.45, 7) is 2.87. The van der Waals surface area contributed by atoms with Gasteiger partial charge in [-0.25, -0.2) is 9.97 Å². The van der Waals surface area contributed by atoms with E-state index in [-0.39, 0.29) is 0 Å². The molecule has 0 saturated carbocycles. The number of halogens is 1. The molecule has 4 heteroatoms. The van der Waals surface area contributed by atoms with Crippen molar-refractivity contribution in [2.24, 2.45) is 0 Å². The van der Waals surface area contributed by atoms with Crippen molar-refractivity contribution in [2.45, 2.75) is 6.92 Å². The number of hydrogen-bond donors (Lipinski definition) is 1. The molecule has 0 bridgehead atoms. The van der Waals surface area contributed by atoms with Crippen LogP contribution in [0.5, 0.6) is 0 Å². The van der Waals surface area contributed by atoms with Gasteiger partial charge in [-0.15, -0.1) is 0 Å². The van der Waals surface area contributed by atoms with Gasteiger partial charge in [-0.2, -0.15) is 0 Å². The summed E-state index contributed by atoms with van der Waals surface area (Å²) in [4.78, 5) is 8.62. The molecule has 2 rings (SSSR count). The van der Waals surface area contributed by atoms with Crippen LogP contribution in [0.15, 0.2) is 36.5 Å². The largest absolute Gasteiger partial charge is 0.370 e. The lowest BCUT2D eigenvalue weighted by atomic mass is 10.2. The highest BCUT2D eigenvalue weighted by Gasteiger charge is 2.02. The van der Waals surface area contributed by atoms with E-state index in [0.717, 1.165) is 17.9 Å². The summed E-state index contributed by atoms with van der Waals surface area (Å²) in [6, 6.07) is 9.36. The Labute approximate surface area is 99.5 Å². The van der Waals surface area contributed by atoms with Gasteiger partial charge < -0.3 is 5.32 Å². The third-order valence-electron chi connectivity index (χ3n) is 2.10. The Morgan fingerprint density at radius 1 is 1.31 bits per heavy atom. The lowest BCUT2D eigenvalue weighted by molar-refractivity contribution is 1.12. The Morgan fingerprint density at radius 3 is 2.94 bits per heavy atom. The zero-order chi connectivity index (χ0) is 11.4. The topological polar surface area (TPSA) is 37.8 Å². The second-order valence-electron chi connectivity index (χ2n) is 3.31. The highest BCUT2D eigenvalue weighted by Crippen LogP contribution is 2.19. The number of nitrogens with one attached hydrogen (secondary N) is 1. The van der Waals surface area contributed by atoms with Crippen molar-refractivity contribution in [2.75, 3.05) is 11.9 Å². The van der Waals surface area contributed by atoms with E-state index in [1.165, 1.54) is 0 Å². The Balaban J connectivity index is 2.36. The molecule has 0 spiro atoms. The molecule has 1 N–H and O–H groups in total. The van der Waals surface area contributed by atoms with Crippen LogP contribution in [0, 0.1) is 0 Å². The van der Waals surface area contributed by atoms with Crippen LogP contribution in [0.4, 0.5) is 5.82 Å². The normalized spacial score (nSPS) is 10.1. The smallest absolute Gasteiger partial charge is 0.161 e. The number of aromatic nitrogens is 2. The third-order valence-corrected chi connectivity index (χ3v) is 2.33. The fourth-order valence-corrected chi connectivity index (χ4v) is 1.60. The van der Waals surface area contributed by atoms with Crippen LogP contribution in [0.1, 0.15) is 6.92 Å². The molecule has 2 aromatic rings. The van der Waals surface area contributed by atoms with E-state index in [0.29, 0.717) is 10.8 Å². The summed E-state index contributed by atoms with van der Waals surface area (Å²) in [6.07, 6.45) is 1.74. The van der Waals surface area contributed by atoms with E-state index in [1.54, 1.807) is 6.20 Å². The molecule has 0 amide bonds. The molecule has 1 aromatic heterocycles. The zero-order valence-electron chi connectivity index (χ0n) is 8.94. The second kappa shape index (κ2) is 4.94. The van der Waals surface area contributed by atoms with Crippen LogP contribution in [0.3, 0.4) is 0 Å². The number of rotatable bonds is 3. The van der Waals surface area contributed by atoms with Crippen LogP contribution in [0.25, 0.3) is 11.4 Å². The van der Waals surface area contributed by atoms with E-state index < -0.39 is 0 Å². The molecule has 1 heterocycles. The lowest BCUT2D eigenvalue weighted by Gasteiger charge is -2.04. The Hall–Kier alpha value is -1.61. The lowest BCUT2D eigenvalue weighted by Crippen LogP contribution is -2.00. The molecular formula is C12H12ClN3. The molecule has 0 saturated heterocycles. The quantitative estimate of drug-likeness (QED) is 0.885. The number of benzene rings is 1. The first-order valence-corrected chi connectivity index (χ1v) is 5.50. The Morgan fingerprint density at radius 2 is 2.19 bits per heavy atom. The first-order chi connectivity index (χ1) is 7.79. The summed E-state index contributed by atoms with van der Waals surface area (Å²) in [5, 5.41) is 3.84. The van der Waals surface area contributed by atoms with E-state index in [9.17, 15) is 0 Å². The monoisotopic (exact) mass is 233 g/mol. The van der Waals surface area contributed by atoms with Crippen LogP contribution in [-0.4, -0.2) is 16.5 Å². The molecule has 0 aliphatic carbocycles. The standard InChI is InChI=1S/C12H12ClN3/c1-2-14-11-6-7-15-12(16-11)9-4-3-5-10(13)8-9/h3-8H,2H2,1H3,(H,14,15,16). The van der Waals surface area contributed by atoms with Gasteiger partial charge >= 0.3 is 0 Å². The van der Waals surface area contributed by atoms with Crippen molar-refractivity contribution >= 4 is 17.4 Å². The van der Waals surface area contributed by atoms with Crippen molar-refractivity contribution in [3.8, 4) is 11.4 Å². The van der Waals surface area contributed by atoms with Gasteiger partial charge in [0, 0.05) is 23.3 Å². The second-order valence-corrected chi connectivity index (χ2v) is 3.74. The van der Waals surface area contributed by atoms with Crippen molar-refractivity contribution in [3.63, 3.8) is 0 Å². The fourth-order valence-electron chi connectivity index (χ4n) is 1.40. The van der Waals surface area contributed by atoms with Crippen LogP contribution in [-0.2, 0) is 0 Å². The summed E-state index contributed by atoms with van der Waals surface area (Å²) < 4.78 is 0. The van der Waals surface area contributed by atoms with E-state index in [2.05, 4.69) is 15.3 Å². The summed E-state index contributed by atoms with van der Waals surface area (Å²) in [5.41, 5.74) is 0.923. The maximum atomic E-state index is 5.92. The number of anilines is 1. The van der Waals surface area contributed by atoms with Gasteiger partial charge in [0.05, 0.1) is 0 Å². The minimum Gasteiger partial charge on any atom is -0.370 e. The minimum absolute atomic E-state index is 0.681. The number of hydrogen-bond acceptors (Lipinski definition) is 3. The maximum Gasteiger partial charge on any atom is 0.161 e. The van der Waals surface area contributed by atoms with Gasteiger partial charge in [0.15, 0.2) is 5.82 Å². The van der Waals surface area contributed by atoms with Crippen LogP contribution >= 0.6 is 11.6 Å². The van der Waals surface area contributed by atoms with E-state index in [4.69, 9.17) is 11.6 Å². The van der Waals surface area contributed by atoms with Crippen molar-refractivity contribution in [1.29, 1.82) is 0 Å². The summed E-state index contributed by atoms with van der Waals surface area (Å²) >= 11 is 5.92. The number of nitrogens with zero attached hydrogens (tertiary/aromatic N) is 2. The van der Waals surface area contributed by atoms with Gasteiger partial charge in [0.25, 0.3) is 0 Å². The average Bonchev–Trinajstić information content (AvgIpc) is 2.30. The van der Waals surface area contributed by atoms with Gasteiger partial charge in [-0.1, -0.05) is 23.7 Å². The first-order valence-electron chi connectivity index (χ1n) is 5.12. The highest BCUT2D eigenvalue weighted by atomic mass is 35.5. The van der Waals surface area contributed by atoms with Crippen molar-refractivity contribution in [3.05, 3.63) is 41.6 Å². The molecule has 0 aliphatic rings. The predicted octanol–water partition coefficient (Wildman–Crippen LogP) is 3.23. The van der Waals surface area contributed by atoms with Crippen molar-refractivity contribution < 1.29 is 0 Å². The molecular weight excluding hydrogens is 222 g/mol. The van der Waals surface area contributed by atoms with E-state index >= 15 is 0 Å². The van der Waals surface area contributed by atoms with Gasteiger partial charge in [0.2, 0.25) is 0 Å². The first kappa shape index (κ1) is 10.9. The molecule has 0 fully saturated rings. The van der Waals surface area contributed by atoms with Crippen LogP contribution < -0.4 is 5.32 Å². The predicted molar refractivity (Wildman–Crippen MR) is 66.6 cm³/mol. The fraction of sp³-hybridized carbons (Fsp3) is 0.167. The van der Waals surface area contributed by atoms with Gasteiger partial charge in [0.1, 0.15) is 5.82 Å². The SMILES string of the molecule is CCNc1ccnc(-c2cccc(Cl)c2)n1. The summed E-state index contributed by atoms with van der Waals surface area (Å²) in [5.74, 6) is 1.51. The molecule has 0 unspecified atom stereocenters. The maximum absolute atomic E-state index is 5.92. The van der Waals surface area contributed by atoms with Crippen LogP contribution in [0.2, 0.25) is 5.02 Å². The molecule has 82 valence electrons. The molecule has 16 heavy (non-hydrogen) atoms. The third kappa shape index (κ3) is 2.49. The van der Waals surface area contributed by atoms with Gasteiger partial charge in [-0.05, 0) is 25.1 Å². The van der Waals surface area contributed by atoms with Crippen molar-refractivity contribution in [1.82, 2.24) is 9.97 Å². The molecule has 3 nitrogen and oxygen atoms in total.